The molecule has 4 N–H and O–H groups in total. The Bertz CT molecular complexity index is 1270. The number of anilines is 2. The first-order valence-electron chi connectivity index (χ1n) is 12.6. The van der Waals surface area contributed by atoms with Crippen LogP contribution in [0.2, 0.25) is 0 Å². The maximum atomic E-state index is 12.3. The van der Waals surface area contributed by atoms with Crippen LogP contribution in [-0.4, -0.2) is 37.7 Å². The normalized spacial score (nSPS) is 10.7. The number of nitrogens with two attached hydrogens (primary N) is 2. The van der Waals surface area contributed by atoms with Gasteiger partial charge in [-0.15, -0.1) is 0 Å². The van der Waals surface area contributed by atoms with E-state index in [2.05, 4.69) is 6.92 Å². The third kappa shape index (κ3) is 9.88. The van der Waals surface area contributed by atoms with Crippen molar-refractivity contribution < 1.29 is 33.3 Å². The summed E-state index contributed by atoms with van der Waals surface area (Å²) in [4.78, 5) is 36.4. The van der Waals surface area contributed by atoms with Crippen LogP contribution in [0.1, 0.15) is 52.5 Å². The molecule has 0 bridgehead atoms. The molecule has 0 aliphatic rings. The van der Waals surface area contributed by atoms with Crippen molar-refractivity contribution in [3.63, 3.8) is 0 Å². The summed E-state index contributed by atoms with van der Waals surface area (Å²) >= 11 is 0. The Balaban J connectivity index is 1.37. The van der Waals surface area contributed by atoms with Crippen molar-refractivity contribution >= 4 is 35.4 Å². The molecule has 0 unspecified atom stereocenters. The highest BCUT2D eigenvalue weighted by molar-refractivity contribution is 5.92. The number of rotatable bonds is 13. The van der Waals surface area contributed by atoms with Gasteiger partial charge in [0, 0.05) is 23.9 Å². The quantitative estimate of drug-likeness (QED) is 0.102. The minimum absolute atomic E-state index is 0.0670. The molecule has 9 nitrogen and oxygen atoms in total. The van der Waals surface area contributed by atoms with Crippen molar-refractivity contribution in [2.24, 2.45) is 0 Å². The average molecular weight is 533 g/mol. The minimum atomic E-state index is -0.557. The number of carbonyl (C=O) groups excluding carboxylic acids is 3. The van der Waals surface area contributed by atoms with Crippen LogP contribution in [0.25, 0.3) is 6.08 Å². The summed E-state index contributed by atoms with van der Waals surface area (Å²) in [6, 6.07) is 17.9. The Morgan fingerprint density at radius 3 is 1.92 bits per heavy atom. The van der Waals surface area contributed by atoms with Crippen LogP contribution in [0.3, 0.4) is 0 Å². The monoisotopic (exact) mass is 532 g/mol. The van der Waals surface area contributed by atoms with Gasteiger partial charge in [-0.2, -0.15) is 0 Å². The second-order valence-corrected chi connectivity index (χ2v) is 8.56. The van der Waals surface area contributed by atoms with E-state index in [1.165, 1.54) is 18.2 Å². The van der Waals surface area contributed by atoms with Gasteiger partial charge in [0.1, 0.15) is 11.5 Å². The maximum Gasteiger partial charge on any atom is 0.338 e. The molecule has 204 valence electrons. The molecule has 0 aliphatic carbocycles. The zero-order valence-electron chi connectivity index (χ0n) is 21.8. The molecule has 0 saturated heterocycles. The van der Waals surface area contributed by atoms with E-state index in [0.717, 1.165) is 18.6 Å². The van der Waals surface area contributed by atoms with Crippen LogP contribution < -0.4 is 20.9 Å². The Hall–Kier alpha value is -4.79. The molecule has 0 radical (unpaired) electrons. The Kier molecular flexibility index (Phi) is 10.9. The zero-order valence-corrected chi connectivity index (χ0v) is 21.8. The number of unbranched alkanes of at least 4 members (excludes halogenated alkanes) is 1. The summed E-state index contributed by atoms with van der Waals surface area (Å²) in [6.07, 6.45) is 5.25. The lowest BCUT2D eigenvalue weighted by molar-refractivity contribution is -0.128. The largest absolute Gasteiger partial charge is 0.494 e. The van der Waals surface area contributed by atoms with Crippen molar-refractivity contribution in [3.8, 4) is 11.5 Å². The fourth-order valence-corrected chi connectivity index (χ4v) is 3.33. The fourth-order valence-electron chi connectivity index (χ4n) is 3.33. The van der Waals surface area contributed by atoms with Crippen molar-refractivity contribution in [2.75, 3.05) is 31.3 Å². The molecule has 3 rings (SSSR count). The summed E-state index contributed by atoms with van der Waals surface area (Å²) in [6.45, 7) is 2.88. The highest BCUT2D eigenvalue weighted by atomic mass is 16.5. The van der Waals surface area contributed by atoms with E-state index in [1.807, 2.05) is 0 Å². The molecule has 0 spiro atoms. The topological polar surface area (TPSA) is 140 Å². The smallest absolute Gasteiger partial charge is 0.338 e. The van der Waals surface area contributed by atoms with Gasteiger partial charge in [0.15, 0.2) is 0 Å². The number of nitrogen functional groups attached to an aromatic ring is 2. The average Bonchev–Trinajstić information content (AvgIpc) is 2.92. The van der Waals surface area contributed by atoms with E-state index in [0.29, 0.717) is 41.3 Å². The number of esters is 3. The van der Waals surface area contributed by atoms with Gasteiger partial charge >= 0.3 is 17.9 Å². The first kappa shape index (κ1) is 28.8. The predicted octanol–water partition coefficient (Wildman–Crippen LogP) is 5.05. The lowest BCUT2D eigenvalue weighted by Gasteiger charge is -2.08. The van der Waals surface area contributed by atoms with Gasteiger partial charge in [-0.1, -0.05) is 25.5 Å². The molecular weight excluding hydrogens is 500 g/mol. The van der Waals surface area contributed by atoms with Crippen LogP contribution in [0.4, 0.5) is 11.4 Å². The minimum Gasteiger partial charge on any atom is -0.494 e. The van der Waals surface area contributed by atoms with Crippen molar-refractivity contribution in [2.45, 2.75) is 26.2 Å². The maximum absolute atomic E-state index is 12.3. The van der Waals surface area contributed by atoms with Gasteiger partial charge in [-0.3, -0.25) is 0 Å². The van der Waals surface area contributed by atoms with E-state index < -0.39 is 17.9 Å². The van der Waals surface area contributed by atoms with Crippen molar-refractivity contribution in [1.29, 1.82) is 0 Å². The van der Waals surface area contributed by atoms with E-state index in [9.17, 15) is 14.4 Å². The van der Waals surface area contributed by atoms with E-state index in [1.54, 1.807) is 60.7 Å². The Morgan fingerprint density at radius 1 is 0.718 bits per heavy atom. The molecule has 39 heavy (non-hydrogen) atoms. The predicted molar refractivity (Wildman–Crippen MR) is 148 cm³/mol. The van der Waals surface area contributed by atoms with Gasteiger partial charge in [-0.05, 0) is 72.7 Å². The van der Waals surface area contributed by atoms with Gasteiger partial charge in [0.05, 0.1) is 30.9 Å². The summed E-state index contributed by atoms with van der Waals surface area (Å²) in [7, 11) is 0. The van der Waals surface area contributed by atoms with E-state index in [4.69, 9.17) is 30.4 Å². The molecule has 0 aliphatic heterocycles. The first-order chi connectivity index (χ1) is 18.8. The van der Waals surface area contributed by atoms with Gasteiger partial charge in [0.25, 0.3) is 0 Å². The lowest BCUT2D eigenvalue weighted by atomic mass is 10.1. The first-order valence-corrected chi connectivity index (χ1v) is 12.6. The van der Waals surface area contributed by atoms with Gasteiger partial charge < -0.3 is 30.4 Å². The zero-order chi connectivity index (χ0) is 28.0. The van der Waals surface area contributed by atoms with Crippen LogP contribution in [0.15, 0.2) is 72.8 Å². The Morgan fingerprint density at radius 2 is 1.31 bits per heavy atom. The molecule has 0 amide bonds. The highest BCUT2D eigenvalue weighted by Crippen LogP contribution is 2.18. The number of hydrogen-bond donors (Lipinski definition) is 2. The molecule has 0 fully saturated rings. The third-order valence-electron chi connectivity index (χ3n) is 5.34. The molecule has 9 heteroatoms. The molecule has 0 heterocycles. The standard InChI is InChI=1S/C30H32N2O7/c1-2-3-15-36-26-10-12-27(13-11-26)39-28(33)14-7-21-5-8-22(9-6-21)29(34)37-16-4-17-38-30(35)23-18-24(31)20-25(32)19-23/h5-14,18-20H,2-4,15-17,31-32H2,1H3/b14-7+. The van der Waals surface area contributed by atoms with Crippen LogP contribution in [0.5, 0.6) is 11.5 Å². The molecule has 0 atom stereocenters. The fraction of sp³-hybridized carbons (Fsp3) is 0.233. The van der Waals surface area contributed by atoms with Gasteiger partial charge in [0.2, 0.25) is 0 Å². The SMILES string of the molecule is CCCCOc1ccc(OC(=O)/C=C/c2ccc(C(=O)OCCCOC(=O)c3cc(N)cc(N)c3)cc2)cc1. The molecular formula is C30H32N2O7. The number of hydrogen-bond acceptors (Lipinski definition) is 9. The molecule has 3 aromatic carbocycles. The van der Waals surface area contributed by atoms with Crippen LogP contribution >= 0.6 is 0 Å². The Labute approximate surface area is 227 Å². The molecule has 3 aromatic rings. The summed E-state index contributed by atoms with van der Waals surface area (Å²) in [5.74, 6) is -0.464. The van der Waals surface area contributed by atoms with Crippen LogP contribution in [-0.2, 0) is 14.3 Å². The number of benzene rings is 3. The summed E-state index contributed by atoms with van der Waals surface area (Å²) in [5, 5.41) is 0. The number of carbonyl (C=O) groups is 3. The van der Waals surface area contributed by atoms with E-state index in [-0.39, 0.29) is 18.8 Å². The van der Waals surface area contributed by atoms with Crippen molar-refractivity contribution in [1.82, 2.24) is 0 Å². The third-order valence-corrected chi connectivity index (χ3v) is 5.34. The second kappa shape index (κ2) is 14.8. The van der Waals surface area contributed by atoms with Gasteiger partial charge in [-0.25, -0.2) is 14.4 Å². The summed E-state index contributed by atoms with van der Waals surface area (Å²) in [5.41, 5.74) is 13.4. The van der Waals surface area contributed by atoms with Crippen molar-refractivity contribution in [3.05, 3.63) is 89.5 Å². The number of ether oxygens (including phenoxy) is 4. The second-order valence-electron chi connectivity index (χ2n) is 8.56. The summed E-state index contributed by atoms with van der Waals surface area (Å²) < 4.78 is 21.3. The van der Waals surface area contributed by atoms with E-state index >= 15 is 0 Å². The highest BCUT2D eigenvalue weighted by Gasteiger charge is 2.10. The molecule has 0 saturated carbocycles. The molecule has 0 aromatic heterocycles. The van der Waals surface area contributed by atoms with Crippen LogP contribution in [0, 0.1) is 0 Å². The lowest BCUT2D eigenvalue weighted by Crippen LogP contribution is -2.11.